The van der Waals surface area contributed by atoms with Gasteiger partial charge in [-0.05, 0) is 26.2 Å². The average Bonchev–Trinajstić information content (AvgIpc) is 2.33. The second-order valence-electron chi connectivity index (χ2n) is 4.04. The highest BCUT2D eigenvalue weighted by atomic mass is 16.5. The van der Waals surface area contributed by atoms with Crippen molar-refractivity contribution in [1.29, 1.82) is 0 Å². The Morgan fingerprint density at radius 3 is 2.28 bits per heavy atom. The van der Waals surface area contributed by atoms with Gasteiger partial charge in [0.1, 0.15) is 0 Å². The fraction of sp³-hybridized carbons (Fsp3) is 0.692. The summed E-state index contributed by atoms with van der Waals surface area (Å²) in [5, 5.41) is 2.65. The molecule has 0 unspecified atom stereocenters. The summed E-state index contributed by atoms with van der Waals surface area (Å²) in [4.78, 5) is 22.1. The summed E-state index contributed by atoms with van der Waals surface area (Å²) >= 11 is 0. The predicted octanol–water partition coefficient (Wildman–Crippen LogP) is 2.41. The monoisotopic (exact) mass is 257 g/mol. The minimum atomic E-state index is -0.387. The molecule has 0 saturated carbocycles. The molecule has 0 bridgehead atoms. The Balaban J connectivity index is 3.32. The van der Waals surface area contributed by atoms with Crippen LogP contribution in [-0.2, 0) is 14.3 Å². The molecule has 1 amide bonds. The Hall–Kier alpha value is -1.52. The van der Waals surface area contributed by atoms with Crippen LogP contribution in [0.4, 0.5) is 4.79 Å². The van der Waals surface area contributed by atoms with Crippen LogP contribution in [-0.4, -0.2) is 31.8 Å². The molecular formula is C13H23NO4. The van der Waals surface area contributed by atoms with E-state index in [2.05, 4.69) is 18.8 Å². The van der Waals surface area contributed by atoms with E-state index in [1.54, 1.807) is 6.92 Å². The van der Waals surface area contributed by atoms with Gasteiger partial charge in [0, 0.05) is 12.1 Å². The zero-order chi connectivity index (χ0) is 13.8. The first-order valence-electron chi connectivity index (χ1n) is 6.31. The smallest absolute Gasteiger partial charge is 0.407 e. The molecule has 0 fully saturated rings. The van der Waals surface area contributed by atoms with Gasteiger partial charge >= 0.3 is 12.1 Å². The van der Waals surface area contributed by atoms with Crippen LogP contribution in [0.3, 0.4) is 0 Å². The Kier molecular flexibility index (Phi) is 9.73. The Morgan fingerprint density at radius 2 is 1.72 bits per heavy atom. The lowest BCUT2D eigenvalue weighted by Crippen LogP contribution is -2.25. The van der Waals surface area contributed by atoms with Crippen LogP contribution in [0.2, 0.25) is 0 Å². The molecule has 0 atom stereocenters. The lowest BCUT2D eigenvalue weighted by atomic mass is 10.3. The van der Waals surface area contributed by atoms with Crippen molar-refractivity contribution in [2.75, 3.05) is 19.8 Å². The molecular weight excluding hydrogens is 234 g/mol. The largest absolute Gasteiger partial charge is 0.462 e. The van der Waals surface area contributed by atoms with Gasteiger partial charge in [0.2, 0.25) is 0 Å². The quantitative estimate of drug-likeness (QED) is 0.391. The SMILES string of the molecule is C=C(C)C(=O)OCCCCOC(=O)NCCCC. The molecule has 5 heteroatoms. The van der Waals surface area contributed by atoms with Crippen molar-refractivity contribution in [3.8, 4) is 0 Å². The number of carbonyl (C=O) groups is 2. The van der Waals surface area contributed by atoms with Crippen LogP contribution in [0.15, 0.2) is 12.2 Å². The van der Waals surface area contributed by atoms with Gasteiger partial charge in [-0.2, -0.15) is 0 Å². The third-order valence-electron chi connectivity index (χ3n) is 2.15. The summed E-state index contributed by atoms with van der Waals surface area (Å²) in [6.07, 6.45) is 2.94. The maximum Gasteiger partial charge on any atom is 0.407 e. The first kappa shape index (κ1) is 16.5. The minimum absolute atomic E-state index is 0.326. The Labute approximate surface area is 109 Å². The lowest BCUT2D eigenvalue weighted by Gasteiger charge is -2.07. The average molecular weight is 257 g/mol. The van der Waals surface area contributed by atoms with Crippen molar-refractivity contribution in [3.05, 3.63) is 12.2 Å². The lowest BCUT2D eigenvalue weighted by molar-refractivity contribution is -0.139. The van der Waals surface area contributed by atoms with Crippen molar-refractivity contribution in [2.24, 2.45) is 0 Å². The van der Waals surface area contributed by atoms with E-state index in [0.29, 0.717) is 38.2 Å². The highest BCUT2D eigenvalue weighted by Gasteiger charge is 2.03. The van der Waals surface area contributed by atoms with Crippen LogP contribution >= 0.6 is 0 Å². The van der Waals surface area contributed by atoms with Gasteiger partial charge in [-0.25, -0.2) is 9.59 Å². The molecule has 0 aromatic heterocycles. The number of rotatable bonds is 9. The maximum absolute atomic E-state index is 11.1. The summed E-state index contributed by atoms with van der Waals surface area (Å²) in [5.74, 6) is -0.381. The summed E-state index contributed by atoms with van der Waals surface area (Å²) in [5.41, 5.74) is 0.390. The number of esters is 1. The van der Waals surface area contributed by atoms with Gasteiger partial charge < -0.3 is 14.8 Å². The van der Waals surface area contributed by atoms with Crippen molar-refractivity contribution < 1.29 is 19.1 Å². The molecule has 0 radical (unpaired) electrons. The van der Waals surface area contributed by atoms with E-state index in [4.69, 9.17) is 9.47 Å². The summed E-state index contributed by atoms with van der Waals surface area (Å²) in [7, 11) is 0. The molecule has 18 heavy (non-hydrogen) atoms. The highest BCUT2D eigenvalue weighted by Crippen LogP contribution is 1.96. The standard InChI is InChI=1S/C13H23NO4/c1-4-5-8-14-13(16)18-10-7-6-9-17-12(15)11(2)3/h2,4-10H2,1,3H3,(H,14,16). The van der Waals surface area contributed by atoms with Crippen LogP contribution < -0.4 is 5.32 Å². The van der Waals surface area contributed by atoms with Crippen molar-refractivity contribution in [3.63, 3.8) is 0 Å². The summed E-state index contributed by atoms with van der Waals surface area (Å²) in [6, 6.07) is 0. The first-order chi connectivity index (χ1) is 8.57. The van der Waals surface area contributed by atoms with Gasteiger partial charge in [0.25, 0.3) is 0 Å². The van der Waals surface area contributed by atoms with Gasteiger partial charge in [0.05, 0.1) is 13.2 Å². The van der Waals surface area contributed by atoms with E-state index >= 15 is 0 Å². The van der Waals surface area contributed by atoms with Crippen LogP contribution in [0, 0.1) is 0 Å². The normalized spacial score (nSPS) is 9.67. The predicted molar refractivity (Wildman–Crippen MR) is 69.3 cm³/mol. The van der Waals surface area contributed by atoms with E-state index in [1.165, 1.54) is 0 Å². The molecule has 5 nitrogen and oxygen atoms in total. The molecule has 1 N–H and O–H groups in total. The Morgan fingerprint density at radius 1 is 1.11 bits per heavy atom. The first-order valence-corrected chi connectivity index (χ1v) is 6.31. The summed E-state index contributed by atoms with van der Waals surface area (Å²) < 4.78 is 9.83. The van der Waals surface area contributed by atoms with E-state index < -0.39 is 0 Å². The Bertz CT molecular complexity index is 276. The second-order valence-corrected chi connectivity index (χ2v) is 4.04. The van der Waals surface area contributed by atoms with Crippen LogP contribution in [0.25, 0.3) is 0 Å². The molecule has 0 aliphatic rings. The molecule has 0 aliphatic carbocycles. The zero-order valence-electron chi connectivity index (χ0n) is 11.3. The number of amides is 1. The van der Waals surface area contributed by atoms with Gasteiger partial charge in [0.15, 0.2) is 0 Å². The fourth-order valence-corrected chi connectivity index (χ4v) is 1.08. The number of unbranched alkanes of at least 4 members (excludes halogenated alkanes) is 2. The summed E-state index contributed by atoms with van der Waals surface area (Å²) in [6.45, 7) is 8.44. The molecule has 0 aromatic rings. The fourth-order valence-electron chi connectivity index (χ4n) is 1.08. The second kappa shape index (κ2) is 10.6. The molecule has 0 spiro atoms. The van der Waals surface area contributed by atoms with Crippen molar-refractivity contribution in [1.82, 2.24) is 5.32 Å². The maximum atomic E-state index is 11.1. The van der Waals surface area contributed by atoms with E-state index in [-0.39, 0.29) is 12.1 Å². The molecule has 0 aliphatic heterocycles. The van der Waals surface area contributed by atoms with Crippen molar-refractivity contribution in [2.45, 2.75) is 39.5 Å². The van der Waals surface area contributed by atoms with Gasteiger partial charge in [-0.1, -0.05) is 19.9 Å². The topological polar surface area (TPSA) is 64.6 Å². The van der Waals surface area contributed by atoms with E-state index in [9.17, 15) is 9.59 Å². The molecule has 104 valence electrons. The molecule has 0 saturated heterocycles. The third kappa shape index (κ3) is 9.69. The van der Waals surface area contributed by atoms with Gasteiger partial charge in [-0.3, -0.25) is 0 Å². The van der Waals surface area contributed by atoms with Crippen molar-refractivity contribution >= 4 is 12.1 Å². The number of hydrogen-bond donors (Lipinski definition) is 1. The number of carbonyl (C=O) groups excluding carboxylic acids is 2. The van der Waals surface area contributed by atoms with Crippen LogP contribution in [0.5, 0.6) is 0 Å². The van der Waals surface area contributed by atoms with E-state index in [1.807, 2.05) is 0 Å². The number of alkyl carbamates (subject to hydrolysis) is 1. The molecule has 0 heterocycles. The zero-order valence-corrected chi connectivity index (χ0v) is 11.3. The van der Waals surface area contributed by atoms with Crippen LogP contribution in [0.1, 0.15) is 39.5 Å². The van der Waals surface area contributed by atoms with Gasteiger partial charge in [-0.15, -0.1) is 0 Å². The number of ether oxygens (including phenoxy) is 2. The number of nitrogens with one attached hydrogen (secondary N) is 1. The molecule has 0 rings (SSSR count). The molecule has 0 aromatic carbocycles. The third-order valence-corrected chi connectivity index (χ3v) is 2.15. The highest BCUT2D eigenvalue weighted by molar-refractivity contribution is 5.86. The van der Waals surface area contributed by atoms with E-state index in [0.717, 1.165) is 12.8 Å². The number of hydrogen-bond acceptors (Lipinski definition) is 4. The minimum Gasteiger partial charge on any atom is -0.462 e.